The minimum atomic E-state index is -3.63. The average Bonchev–Trinajstić information content (AvgIpc) is 3.36. The summed E-state index contributed by atoms with van der Waals surface area (Å²) in [4.78, 5) is 18.3. The second kappa shape index (κ2) is 11.5. The Kier molecular flexibility index (Phi) is 7.99. The largest absolute Gasteiger partial charge is 0.375 e. The molecular formula is C27H33FN8O3S. The molecule has 2 aromatic carbocycles. The van der Waals surface area contributed by atoms with Crippen molar-refractivity contribution in [1.29, 1.82) is 0 Å². The van der Waals surface area contributed by atoms with E-state index in [1.807, 2.05) is 30.8 Å². The summed E-state index contributed by atoms with van der Waals surface area (Å²) in [5, 5.41) is 3.29. The number of nitrogens with zero attached hydrogens (tertiary/aromatic N) is 7. The predicted molar refractivity (Wildman–Crippen MR) is 152 cm³/mol. The molecule has 1 aliphatic heterocycles. The Bertz CT molecular complexity index is 1590. The highest BCUT2D eigenvalue weighted by Gasteiger charge is 2.24. The summed E-state index contributed by atoms with van der Waals surface area (Å²) < 4.78 is 48.8. The lowest BCUT2D eigenvalue weighted by Crippen LogP contribution is -2.42. The van der Waals surface area contributed by atoms with Gasteiger partial charge in [0.2, 0.25) is 16.0 Å². The topological polar surface area (TPSA) is 109 Å². The van der Waals surface area contributed by atoms with Gasteiger partial charge in [0.15, 0.2) is 17.0 Å². The highest BCUT2D eigenvalue weighted by atomic mass is 32.2. The number of nitrogens with one attached hydrogen (secondary N) is 1. The van der Waals surface area contributed by atoms with Crippen LogP contribution in [0.5, 0.6) is 0 Å². The Morgan fingerprint density at radius 1 is 1.10 bits per heavy atom. The molecule has 212 valence electrons. The fourth-order valence-corrected chi connectivity index (χ4v) is 5.58. The van der Waals surface area contributed by atoms with Crippen molar-refractivity contribution < 1.29 is 17.5 Å². The molecule has 0 bridgehead atoms. The number of aromatic nitrogens is 4. The van der Waals surface area contributed by atoms with Gasteiger partial charge in [0.1, 0.15) is 12.1 Å². The van der Waals surface area contributed by atoms with Crippen LogP contribution >= 0.6 is 0 Å². The van der Waals surface area contributed by atoms with Gasteiger partial charge in [-0.25, -0.2) is 17.8 Å². The quantitative estimate of drug-likeness (QED) is 0.326. The van der Waals surface area contributed by atoms with Crippen molar-refractivity contribution in [2.45, 2.75) is 17.9 Å². The van der Waals surface area contributed by atoms with E-state index in [4.69, 9.17) is 14.7 Å². The minimum absolute atomic E-state index is 0.0166. The summed E-state index contributed by atoms with van der Waals surface area (Å²) >= 11 is 0. The molecule has 0 radical (unpaired) electrons. The molecule has 1 aliphatic rings. The van der Waals surface area contributed by atoms with E-state index in [1.165, 1.54) is 16.4 Å². The van der Waals surface area contributed by atoms with Crippen LogP contribution in [0.2, 0.25) is 0 Å². The molecule has 1 N–H and O–H groups in total. The zero-order valence-corrected chi connectivity index (χ0v) is 23.8. The van der Waals surface area contributed by atoms with Crippen molar-refractivity contribution in [2.75, 3.05) is 64.1 Å². The van der Waals surface area contributed by atoms with Crippen LogP contribution < -0.4 is 10.2 Å². The molecular weight excluding hydrogens is 535 g/mol. The number of likely N-dealkylation sites (N-methyl/N-ethyl adjacent to an activating group) is 2. The van der Waals surface area contributed by atoms with Crippen molar-refractivity contribution >= 4 is 38.6 Å². The monoisotopic (exact) mass is 568 g/mol. The zero-order chi connectivity index (χ0) is 28.4. The van der Waals surface area contributed by atoms with Crippen LogP contribution in [0.15, 0.2) is 59.8 Å². The standard InChI is InChI=1S/C27H33FN8O3S/c1-19-17-35(14-15-39-19)27-31-25(24-26(32-27)36(18-29-24)22-7-5-6-20(28)16-22)30-21-8-10-23(11-9-21)40(37,38)34(4)13-12-33(2)3/h5-11,16,18-19H,12-15,17H2,1-4H3,(H,30,31,32). The number of hydrogen-bond donors (Lipinski definition) is 1. The lowest BCUT2D eigenvalue weighted by molar-refractivity contribution is 0.0526. The first kappa shape index (κ1) is 27.9. The Hall–Kier alpha value is -3.65. The van der Waals surface area contributed by atoms with Gasteiger partial charge in [-0.15, -0.1) is 0 Å². The van der Waals surface area contributed by atoms with Gasteiger partial charge >= 0.3 is 0 Å². The number of halogens is 1. The number of morpholine rings is 1. The Morgan fingerprint density at radius 3 is 2.58 bits per heavy atom. The number of rotatable bonds is 9. The number of ether oxygens (including phenoxy) is 1. The van der Waals surface area contributed by atoms with Crippen LogP contribution in [-0.2, 0) is 14.8 Å². The van der Waals surface area contributed by atoms with Crippen LogP contribution in [-0.4, -0.2) is 97.2 Å². The van der Waals surface area contributed by atoms with Gasteiger partial charge in [-0.2, -0.15) is 14.3 Å². The lowest BCUT2D eigenvalue weighted by atomic mass is 10.3. The molecule has 0 saturated carbocycles. The fraction of sp³-hybridized carbons (Fsp3) is 0.370. The maximum absolute atomic E-state index is 14.0. The maximum atomic E-state index is 14.0. The van der Waals surface area contributed by atoms with E-state index < -0.39 is 10.0 Å². The molecule has 13 heteroatoms. The number of anilines is 3. The highest BCUT2D eigenvalue weighted by Crippen LogP contribution is 2.29. The number of hydrogen-bond acceptors (Lipinski definition) is 9. The zero-order valence-electron chi connectivity index (χ0n) is 23.0. The van der Waals surface area contributed by atoms with E-state index in [0.29, 0.717) is 67.1 Å². The SMILES string of the molecule is CC1CN(c2nc(Nc3ccc(S(=O)(=O)N(C)CCN(C)C)cc3)c3ncn(-c4cccc(F)c4)c3n2)CCO1. The first-order valence-electron chi connectivity index (χ1n) is 13.0. The molecule has 1 fully saturated rings. The summed E-state index contributed by atoms with van der Waals surface area (Å²) in [6.07, 6.45) is 1.60. The van der Waals surface area contributed by atoms with E-state index in [9.17, 15) is 12.8 Å². The van der Waals surface area contributed by atoms with Crippen LogP contribution in [0.4, 0.5) is 21.8 Å². The van der Waals surface area contributed by atoms with E-state index >= 15 is 0 Å². The summed E-state index contributed by atoms with van der Waals surface area (Å²) in [5.74, 6) is 0.578. The molecule has 1 unspecified atom stereocenters. The van der Waals surface area contributed by atoms with E-state index in [0.717, 1.165) is 0 Å². The van der Waals surface area contributed by atoms with Gasteiger partial charge in [0, 0.05) is 38.9 Å². The second-order valence-corrected chi connectivity index (χ2v) is 12.1. The second-order valence-electron chi connectivity index (χ2n) is 10.0. The number of benzene rings is 2. The molecule has 11 nitrogen and oxygen atoms in total. The fourth-order valence-electron chi connectivity index (χ4n) is 4.42. The van der Waals surface area contributed by atoms with Crippen LogP contribution in [0.25, 0.3) is 16.9 Å². The maximum Gasteiger partial charge on any atom is 0.242 e. The molecule has 5 rings (SSSR count). The normalized spacial score (nSPS) is 16.3. The molecule has 40 heavy (non-hydrogen) atoms. The molecule has 0 amide bonds. The first-order valence-corrected chi connectivity index (χ1v) is 14.4. The molecule has 2 aromatic heterocycles. The summed E-state index contributed by atoms with van der Waals surface area (Å²) in [6, 6.07) is 12.7. The Balaban J connectivity index is 1.49. The van der Waals surface area contributed by atoms with Gasteiger partial charge < -0.3 is 19.9 Å². The molecule has 1 atom stereocenters. The molecule has 1 saturated heterocycles. The first-order chi connectivity index (χ1) is 19.1. The van der Waals surface area contributed by atoms with Crippen LogP contribution in [0.3, 0.4) is 0 Å². The number of fused-ring (bicyclic) bond motifs is 1. The Labute approximate surface area is 233 Å². The molecule has 0 spiro atoms. The molecule has 3 heterocycles. The van der Waals surface area contributed by atoms with Crippen molar-refractivity contribution in [3.05, 3.63) is 60.7 Å². The smallest absolute Gasteiger partial charge is 0.242 e. The third kappa shape index (κ3) is 5.92. The van der Waals surface area contributed by atoms with E-state index in [2.05, 4.69) is 10.3 Å². The van der Waals surface area contributed by atoms with Crippen LogP contribution in [0, 0.1) is 5.82 Å². The van der Waals surface area contributed by atoms with Crippen molar-refractivity contribution in [2.24, 2.45) is 0 Å². The Morgan fingerprint density at radius 2 is 1.88 bits per heavy atom. The third-order valence-corrected chi connectivity index (χ3v) is 8.55. The van der Waals surface area contributed by atoms with Gasteiger partial charge in [0.05, 0.1) is 23.3 Å². The number of sulfonamides is 1. The van der Waals surface area contributed by atoms with E-state index in [1.54, 1.807) is 54.3 Å². The van der Waals surface area contributed by atoms with Gasteiger partial charge in [-0.3, -0.25) is 4.57 Å². The molecule has 4 aromatic rings. The average molecular weight is 569 g/mol. The summed E-state index contributed by atoms with van der Waals surface area (Å²) in [7, 11) is 1.75. The van der Waals surface area contributed by atoms with Gasteiger partial charge in [-0.1, -0.05) is 6.07 Å². The van der Waals surface area contributed by atoms with Gasteiger partial charge in [-0.05, 0) is 63.5 Å². The van der Waals surface area contributed by atoms with Crippen LogP contribution in [0.1, 0.15) is 6.92 Å². The highest BCUT2D eigenvalue weighted by molar-refractivity contribution is 7.89. The predicted octanol–water partition coefficient (Wildman–Crippen LogP) is 3.11. The van der Waals surface area contributed by atoms with Crippen molar-refractivity contribution in [1.82, 2.24) is 28.7 Å². The van der Waals surface area contributed by atoms with Gasteiger partial charge in [0.25, 0.3) is 0 Å². The van der Waals surface area contributed by atoms with Crippen molar-refractivity contribution in [3.63, 3.8) is 0 Å². The summed E-state index contributed by atoms with van der Waals surface area (Å²) in [5.41, 5.74) is 2.23. The minimum Gasteiger partial charge on any atom is -0.375 e. The van der Waals surface area contributed by atoms with E-state index in [-0.39, 0.29) is 16.8 Å². The third-order valence-electron chi connectivity index (χ3n) is 6.68. The lowest BCUT2D eigenvalue weighted by Gasteiger charge is -2.31. The number of imidazole rings is 1. The molecule has 0 aliphatic carbocycles. The summed E-state index contributed by atoms with van der Waals surface area (Å²) in [6.45, 7) is 4.78. The van der Waals surface area contributed by atoms with Crippen molar-refractivity contribution in [3.8, 4) is 5.69 Å².